The van der Waals surface area contributed by atoms with Crippen LogP contribution in [-0.4, -0.2) is 36.3 Å². The molecule has 2 heterocycles. The highest BCUT2D eigenvalue weighted by Gasteiger charge is 2.17. The lowest BCUT2D eigenvalue weighted by molar-refractivity contribution is -0.137. The Morgan fingerprint density at radius 3 is 3.05 bits per heavy atom. The quantitative estimate of drug-likeness (QED) is 0.786. The Morgan fingerprint density at radius 2 is 2.24 bits per heavy atom. The van der Waals surface area contributed by atoms with Gasteiger partial charge in [0.15, 0.2) is 5.82 Å². The summed E-state index contributed by atoms with van der Waals surface area (Å²) >= 11 is 0. The van der Waals surface area contributed by atoms with E-state index in [1.54, 1.807) is 13.1 Å². The molecule has 7 heteroatoms. The average molecular weight is 283 g/mol. The van der Waals surface area contributed by atoms with Crippen molar-refractivity contribution in [2.24, 2.45) is 0 Å². The molecule has 0 spiro atoms. The molecule has 2 aromatic heterocycles. The number of carboxylic acids is 1. The maximum atomic E-state index is 10.8. The fourth-order valence-corrected chi connectivity index (χ4v) is 2.23. The van der Waals surface area contributed by atoms with Gasteiger partial charge in [0.25, 0.3) is 0 Å². The lowest BCUT2D eigenvalue weighted by Crippen LogP contribution is -2.13. The van der Waals surface area contributed by atoms with Crippen molar-refractivity contribution in [1.29, 1.82) is 0 Å². The second kappa shape index (κ2) is 5.28. The average Bonchev–Trinajstić information content (AvgIpc) is 2.95. The first-order valence-electron chi connectivity index (χ1n) is 6.50. The van der Waals surface area contributed by atoms with Crippen LogP contribution in [0.3, 0.4) is 0 Å². The lowest BCUT2D eigenvalue weighted by atomic mass is 10.1. The molecule has 1 aromatic carbocycles. The maximum absolute atomic E-state index is 10.8. The topological polar surface area (TPSA) is 93.8 Å². The summed E-state index contributed by atoms with van der Waals surface area (Å²) in [5, 5.41) is 21.5. The standard InChI is InChI=1S/C14H13N5O2/c1-9(7-13(20)21)19-14(16-17-18-19)11-4-5-12-10(8-11)3-2-6-15-12/h2-6,8-9H,7H2,1H3,(H,20,21). The van der Waals surface area contributed by atoms with Gasteiger partial charge in [-0.25, -0.2) is 4.68 Å². The summed E-state index contributed by atoms with van der Waals surface area (Å²) < 4.78 is 1.53. The first kappa shape index (κ1) is 13.2. The number of aromatic nitrogens is 5. The Hall–Kier alpha value is -2.83. The number of fused-ring (bicyclic) bond motifs is 1. The second-order valence-corrected chi connectivity index (χ2v) is 4.80. The molecule has 1 unspecified atom stereocenters. The van der Waals surface area contributed by atoms with Crippen LogP contribution >= 0.6 is 0 Å². The number of pyridine rings is 1. The molecular formula is C14H13N5O2. The summed E-state index contributed by atoms with van der Waals surface area (Å²) in [6.07, 6.45) is 1.70. The highest BCUT2D eigenvalue weighted by molar-refractivity contribution is 5.83. The highest BCUT2D eigenvalue weighted by Crippen LogP contribution is 2.24. The van der Waals surface area contributed by atoms with Crippen molar-refractivity contribution in [3.8, 4) is 11.4 Å². The molecule has 0 fully saturated rings. The smallest absolute Gasteiger partial charge is 0.305 e. The molecule has 1 atom stereocenters. The first-order chi connectivity index (χ1) is 10.1. The van der Waals surface area contributed by atoms with Crippen molar-refractivity contribution in [3.05, 3.63) is 36.5 Å². The predicted molar refractivity (Wildman–Crippen MR) is 75.5 cm³/mol. The molecule has 0 amide bonds. The van der Waals surface area contributed by atoms with Crippen molar-refractivity contribution in [1.82, 2.24) is 25.2 Å². The van der Waals surface area contributed by atoms with Gasteiger partial charge in [-0.3, -0.25) is 9.78 Å². The number of aliphatic carboxylic acids is 1. The molecular weight excluding hydrogens is 270 g/mol. The van der Waals surface area contributed by atoms with Gasteiger partial charge < -0.3 is 5.11 Å². The zero-order valence-corrected chi connectivity index (χ0v) is 11.3. The van der Waals surface area contributed by atoms with Crippen LogP contribution in [-0.2, 0) is 4.79 Å². The monoisotopic (exact) mass is 283 g/mol. The first-order valence-corrected chi connectivity index (χ1v) is 6.50. The van der Waals surface area contributed by atoms with E-state index in [-0.39, 0.29) is 12.5 Å². The molecule has 0 radical (unpaired) electrons. The minimum atomic E-state index is -0.883. The molecule has 3 rings (SSSR count). The van der Waals surface area contributed by atoms with Crippen LogP contribution in [0.5, 0.6) is 0 Å². The lowest BCUT2D eigenvalue weighted by Gasteiger charge is -2.11. The van der Waals surface area contributed by atoms with Crippen LogP contribution in [0.1, 0.15) is 19.4 Å². The third kappa shape index (κ3) is 2.58. The van der Waals surface area contributed by atoms with Gasteiger partial charge >= 0.3 is 5.97 Å². The molecule has 0 aliphatic carbocycles. The van der Waals surface area contributed by atoms with Gasteiger partial charge in [-0.15, -0.1) is 5.10 Å². The molecule has 0 bridgehead atoms. The van der Waals surface area contributed by atoms with Crippen LogP contribution in [0, 0.1) is 0 Å². The number of tetrazole rings is 1. The van der Waals surface area contributed by atoms with Gasteiger partial charge in [0.1, 0.15) is 0 Å². The molecule has 0 saturated carbocycles. The predicted octanol–water partition coefficient (Wildman–Crippen LogP) is 1.92. The second-order valence-electron chi connectivity index (χ2n) is 4.80. The molecule has 1 N–H and O–H groups in total. The zero-order chi connectivity index (χ0) is 14.8. The van der Waals surface area contributed by atoms with E-state index in [0.717, 1.165) is 16.5 Å². The zero-order valence-electron chi connectivity index (χ0n) is 11.3. The van der Waals surface area contributed by atoms with Gasteiger partial charge in [0.2, 0.25) is 0 Å². The largest absolute Gasteiger partial charge is 0.481 e. The summed E-state index contributed by atoms with van der Waals surface area (Å²) in [5.41, 5.74) is 1.72. The summed E-state index contributed by atoms with van der Waals surface area (Å²) in [4.78, 5) is 15.1. The minimum Gasteiger partial charge on any atom is -0.481 e. The molecule has 21 heavy (non-hydrogen) atoms. The molecule has 0 saturated heterocycles. The molecule has 0 aliphatic heterocycles. The number of benzene rings is 1. The number of hydrogen-bond donors (Lipinski definition) is 1. The van der Waals surface area contributed by atoms with Crippen molar-refractivity contribution in [2.45, 2.75) is 19.4 Å². The normalized spacial score (nSPS) is 12.4. The molecule has 106 valence electrons. The maximum Gasteiger partial charge on any atom is 0.305 e. The molecule has 0 aliphatic rings. The van der Waals surface area contributed by atoms with Crippen molar-refractivity contribution >= 4 is 16.9 Å². The molecule has 3 aromatic rings. The van der Waals surface area contributed by atoms with Crippen LogP contribution in [0.2, 0.25) is 0 Å². The van der Waals surface area contributed by atoms with Crippen LogP contribution in [0.4, 0.5) is 0 Å². The Bertz CT molecular complexity index is 799. The van der Waals surface area contributed by atoms with Crippen LogP contribution in [0.15, 0.2) is 36.5 Å². The van der Waals surface area contributed by atoms with Crippen molar-refractivity contribution in [3.63, 3.8) is 0 Å². The van der Waals surface area contributed by atoms with Gasteiger partial charge in [-0.05, 0) is 41.6 Å². The van der Waals surface area contributed by atoms with E-state index >= 15 is 0 Å². The Balaban J connectivity index is 2.03. The number of nitrogens with zero attached hydrogens (tertiary/aromatic N) is 5. The number of hydrogen-bond acceptors (Lipinski definition) is 5. The minimum absolute atomic E-state index is 0.0345. The molecule has 7 nitrogen and oxygen atoms in total. The fourth-order valence-electron chi connectivity index (χ4n) is 2.23. The van der Waals surface area contributed by atoms with Gasteiger partial charge in [0.05, 0.1) is 18.0 Å². The van der Waals surface area contributed by atoms with E-state index < -0.39 is 5.97 Å². The van der Waals surface area contributed by atoms with Gasteiger partial charge in [-0.2, -0.15) is 0 Å². The Morgan fingerprint density at radius 1 is 1.38 bits per heavy atom. The van der Waals surface area contributed by atoms with Crippen molar-refractivity contribution in [2.75, 3.05) is 0 Å². The van der Waals surface area contributed by atoms with Crippen LogP contribution in [0.25, 0.3) is 22.3 Å². The van der Waals surface area contributed by atoms with E-state index in [1.807, 2.05) is 30.3 Å². The Labute approximate surface area is 120 Å². The fraction of sp³-hybridized carbons (Fsp3) is 0.214. The van der Waals surface area contributed by atoms with Gasteiger partial charge in [-0.1, -0.05) is 6.07 Å². The van der Waals surface area contributed by atoms with E-state index in [4.69, 9.17) is 5.11 Å². The van der Waals surface area contributed by atoms with Crippen molar-refractivity contribution < 1.29 is 9.90 Å². The third-order valence-corrected chi connectivity index (χ3v) is 3.24. The summed E-state index contributed by atoms with van der Waals surface area (Å²) in [6.45, 7) is 1.77. The van der Waals surface area contributed by atoms with Gasteiger partial charge in [0, 0.05) is 17.1 Å². The number of carboxylic acid groups (broad SMARTS) is 1. The van der Waals surface area contributed by atoms with E-state index in [1.165, 1.54) is 4.68 Å². The summed E-state index contributed by atoms with van der Waals surface area (Å²) in [7, 11) is 0. The number of carbonyl (C=O) groups is 1. The van der Waals surface area contributed by atoms with E-state index in [9.17, 15) is 4.79 Å². The third-order valence-electron chi connectivity index (χ3n) is 3.24. The van der Waals surface area contributed by atoms with E-state index in [0.29, 0.717) is 5.82 Å². The number of rotatable bonds is 4. The summed E-state index contributed by atoms with van der Waals surface area (Å²) in [5.74, 6) is -0.332. The summed E-state index contributed by atoms with van der Waals surface area (Å²) in [6, 6.07) is 9.22. The SMILES string of the molecule is CC(CC(=O)O)n1nnnc1-c1ccc2ncccc2c1. The highest BCUT2D eigenvalue weighted by atomic mass is 16.4. The van der Waals surface area contributed by atoms with Crippen LogP contribution < -0.4 is 0 Å². The van der Waals surface area contributed by atoms with E-state index in [2.05, 4.69) is 20.5 Å². The Kier molecular flexibility index (Phi) is 3.31.